The predicted molar refractivity (Wildman–Crippen MR) is 94.8 cm³/mol. The lowest BCUT2D eigenvalue weighted by Crippen LogP contribution is -2.52. The number of alkyl halides is 1. The monoisotopic (exact) mass is 342 g/mol. The van der Waals surface area contributed by atoms with Gasteiger partial charge < -0.3 is 15.4 Å². The Bertz CT molecular complexity index is 373. The van der Waals surface area contributed by atoms with Gasteiger partial charge in [0.1, 0.15) is 5.67 Å². The number of rotatable bonds is 5. The Hall–Kier alpha value is -0.270. The minimum atomic E-state index is -1.02. The first-order chi connectivity index (χ1) is 11.6. The van der Waals surface area contributed by atoms with E-state index in [0.717, 1.165) is 65.0 Å². The maximum Gasteiger partial charge on any atom is 0.123 e. The highest BCUT2D eigenvalue weighted by Crippen LogP contribution is 2.35. The molecule has 0 aromatic rings. The molecule has 2 heterocycles. The first kappa shape index (κ1) is 18.5. The summed E-state index contributed by atoms with van der Waals surface area (Å²) in [5, 5.41) is 0. The molecule has 5 nitrogen and oxygen atoms in total. The third-order valence-corrected chi connectivity index (χ3v) is 6.11. The van der Waals surface area contributed by atoms with Gasteiger partial charge >= 0.3 is 0 Å². The number of piperazine rings is 1. The highest BCUT2D eigenvalue weighted by atomic mass is 19.1. The van der Waals surface area contributed by atoms with E-state index in [0.29, 0.717) is 32.2 Å². The Labute approximate surface area is 146 Å². The van der Waals surface area contributed by atoms with Crippen LogP contribution >= 0.6 is 0 Å². The number of hydrogen-bond donors (Lipinski definition) is 1. The fourth-order valence-corrected chi connectivity index (χ4v) is 4.33. The van der Waals surface area contributed by atoms with E-state index in [2.05, 4.69) is 21.7 Å². The summed E-state index contributed by atoms with van der Waals surface area (Å²) < 4.78 is 21.5. The molecule has 3 rings (SSSR count). The summed E-state index contributed by atoms with van der Waals surface area (Å²) in [5.41, 5.74) is 4.66. The van der Waals surface area contributed by atoms with Crippen LogP contribution in [0.4, 0.5) is 4.39 Å². The van der Waals surface area contributed by atoms with Crippen LogP contribution in [0, 0.1) is 0 Å². The zero-order chi connectivity index (χ0) is 17.0. The molecule has 0 bridgehead atoms. The summed E-state index contributed by atoms with van der Waals surface area (Å²) in [7, 11) is 2.17. The molecule has 0 radical (unpaired) electrons. The van der Waals surface area contributed by atoms with Crippen molar-refractivity contribution < 1.29 is 9.13 Å². The lowest BCUT2D eigenvalue weighted by molar-refractivity contribution is -0.0790. The van der Waals surface area contributed by atoms with E-state index in [4.69, 9.17) is 10.5 Å². The third-order valence-electron chi connectivity index (χ3n) is 6.11. The summed E-state index contributed by atoms with van der Waals surface area (Å²) in [6.07, 6.45) is 5.98. The second-order valence-electron chi connectivity index (χ2n) is 8.07. The van der Waals surface area contributed by atoms with Crippen LogP contribution in [0.25, 0.3) is 0 Å². The molecule has 0 aromatic carbocycles. The van der Waals surface area contributed by atoms with E-state index < -0.39 is 5.67 Å². The lowest BCUT2D eigenvalue weighted by Gasteiger charge is -2.41. The van der Waals surface area contributed by atoms with Crippen molar-refractivity contribution in [2.45, 2.75) is 56.4 Å². The van der Waals surface area contributed by atoms with Gasteiger partial charge in [-0.1, -0.05) is 0 Å². The minimum absolute atomic E-state index is 0.274. The molecule has 24 heavy (non-hydrogen) atoms. The van der Waals surface area contributed by atoms with Gasteiger partial charge in [-0.15, -0.1) is 0 Å². The molecule has 6 heteroatoms. The average Bonchev–Trinajstić information content (AvgIpc) is 2.60. The van der Waals surface area contributed by atoms with E-state index in [1.807, 2.05) is 0 Å². The summed E-state index contributed by atoms with van der Waals surface area (Å²) in [6, 6.07) is 0. The maximum atomic E-state index is 15.2. The summed E-state index contributed by atoms with van der Waals surface area (Å²) >= 11 is 0. The topological polar surface area (TPSA) is 45.0 Å². The van der Waals surface area contributed by atoms with Crippen molar-refractivity contribution in [1.82, 2.24) is 14.7 Å². The largest absolute Gasteiger partial charge is 0.375 e. The highest BCUT2D eigenvalue weighted by molar-refractivity contribution is 4.91. The van der Waals surface area contributed by atoms with E-state index in [-0.39, 0.29) is 6.10 Å². The number of nitrogens with zero attached hydrogens (tertiary/aromatic N) is 3. The third kappa shape index (κ3) is 5.11. The molecule has 140 valence electrons. The predicted octanol–water partition coefficient (Wildman–Crippen LogP) is 1.28. The SMILES string of the molecule is CN1CCC(OC2CCC(F)(CN3CCN(CN)CC3)CC2)CC1. The van der Waals surface area contributed by atoms with Crippen LogP contribution in [0.1, 0.15) is 38.5 Å². The summed E-state index contributed by atoms with van der Waals surface area (Å²) in [6.45, 7) is 7.27. The minimum Gasteiger partial charge on any atom is -0.375 e. The summed E-state index contributed by atoms with van der Waals surface area (Å²) in [5.74, 6) is 0. The first-order valence-electron chi connectivity index (χ1n) is 9.74. The second kappa shape index (κ2) is 8.41. The number of halogens is 1. The zero-order valence-electron chi connectivity index (χ0n) is 15.3. The number of hydrogen-bond acceptors (Lipinski definition) is 5. The first-order valence-corrected chi connectivity index (χ1v) is 9.74. The molecular formula is C18H35FN4O. The van der Waals surface area contributed by atoms with Crippen molar-refractivity contribution >= 4 is 0 Å². The van der Waals surface area contributed by atoms with Crippen molar-refractivity contribution in [3.8, 4) is 0 Å². The fourth-order valence-electron chi connectivity index (χ4n) is 4.33. The van der Waals surface area contributed by atoms with Crippen LogP contribution < -0.4 is 5.73 Å². The van der Waals surface area contributed by atoms with Crippen LogP contribution in [0.5, 0.6) is 0 Å². The fraction of sp³-hybridized carbons (Fsp3) is 1.00. The molecule has 0 unspecified atom stereocenters. The molecule has 0 spiro atoms. The van der Waals surface area contributed by atoms with Crippen molar-refractivity contribution in [2.75, 3.05) is 59.5 Å². The molecule has 0 amide bonds. The number of nitrogens with two attached hydrogens (primary N) is 1. The van der Waals surface area contributed by atoms with Crippen molar-refractivity contribution in [3.63, 3.8) is 0 Å². The van der Waals surface area contributed by atoms with Crippen LogP contribution in [0.3, 0.4) is 0 Å². The van der Waals surface area contributed by atoms with Gasteiger partial charge in [-0.25, -0.2) is 4.39 Å². The van der Waals surface area contributed by atoms with Gasteiger partial charge in [0.15, 0.2) is 0 Å². The van der Waals surface area contributed by atoms with Gasteiger partial charge in [0.2, 0.25) is 0 Å². The molecule has 3 aliphatic rings. The molecular weight excluding hydrogens is 307 g/mol. The van der Waals surface area contributed by atoms with E-state index in [1.54, 1.807) is 0 Å². The molecule has 3 fully saturated rings. The van der Waals surface area contributed by atoms with E-state index in [9.17, 15) is 0 Å². The van der Waals surface area contributed by atoms with Gasteiger partial charge in [0, 0.05) is 52.5 Å². The molecule has 0 aromatic heterocycles. The van der Waals surface area contributed by atoms with Crippen molar-refractivity contribution in [3.05, 3.63) is 0 Å². The van der Waals surface area contributed by atoms with Gasteiger partial charge in [-0.3, -0.25) is 9.80 Å². The van der Waals surface area contributed by atoms with Crippen molar-refractivity contribution in [1.29, 1.82) is 0 Å². The molecule has 2 aliphatic heterocycles. The number of piperidine rings is 1. The Morgan fingerprint density at radius 3 is 2.04 bits per heavy atom. The Morgan fingerprint density at radius 2 is 1.46 bits per heavy atom. The average molecular weight is 343 g/mol. The van der Waals surface area contributed by atoms with E-state index >= 15 is 4.39 Å². The van der Waals surface area contributed by atoms with Gasteiger partial charge in [-0.05, 0) is 45.6 Å². The normalized spacial score (nSPS) is 35.4. The van der Waals surface area contributed by atoms with E-state index in [1.165, 1.54) is 0 Å². The smallest absolute Gasteiger partial charge is 0.123 e. The molecule has 1 aliphatic carbocycles. The van der Waals surface area contributed by atoms with Crippen molar-refractivity contribution in [2.24, 2.45) is 5.73 Å². The Morgan fingerprint density at radius 1 is 0.917 bits per heavy atom. The lowest BCUT2D eigenvalue weighted by atomic mass is 9.84. The van der Waals surface area contributed by atoms with Crippen LogP contribution in [-0.2, 0) is 4.74 Å². The molecule has 2 N–H and O–H groups in total. The highest BCUT2D eigenvalue weighted by Gasteiger charge is 2.38. The number of likely N-dealkylation sites (tertiary alicyclic amines) is 1. The van der Waals surface area contributed by atoms with Crippen LogP contribution in [-0.4, -0.2) is 92.1 Å². The van der Waals surface area contributed by atoms with Gasteiger partial charge in [0.25, 0.3) is 0 Å². The molecule has 0 atom stereocenters. The van der Waals surface area contributed by atoms with Gasteiger partial charge in [-0.2, -0.15) is 0 Å². The van der Waals surface area contributed by atoms with Crippen LogP contribution in [0.15, 0.2) is 0 Å². The quantitative estimate of drug-likeness (QED) is 0.815. The Balaban J connectivity index is 1.37. The molecule has 2 saturated heterocycles. The second-order valence-corrected chi connectivity index (χ2v) is 8.07. The standard InChI is InChI=1S/C18H35FN4O/c1-21-8-4-17(5-9-21)24-16-2-6-18(19,7-3-16)14-22-10-12-23(15-20)13-11-22/h16-17H,2-15,20H2,1H3. The van der Waals surface area contributed by atoms with Gasteiger partial charge in [0.05, 0.1) is 12.2 Å². The van der Waals surface area contributed by atoms with Crippen LogP contribution in [0.2, 0.25) is 0 Å². The molecule has 1 saturated carbocycles. The number of ether oxygens (including phenoxy) is 1. The maximum absolute atomic E-state index is 15.2. The Kier molecular flexibility index (Phi) is 6.49. The zero-order valence-corrected chi connectivity index (χ0v) is 15.3. The summed E-state index contributed by atoms with van der Waals surface area (Å²) in [4.78, 5) is 6.87.